The highest BCUT2D eigenvalue weighted by atomic mass is 35.5. The molecular weight excluding hydrogens is 450 g/mol. The minimum atomic E-state index is -3.57. The summed E-state index contributed by atoms with van der Waals surface area (Å²) in [6.45, 7) is 0.121. The lowest BCUT2D eigenvalue weighted by Gasteiger charge is -2.23. The average Bonchev–Trinajstić information content (AvgIpc) is 2.69. The summed E-state index contributed by atoms with van der Waals surface area (Å²) < 4.78 is 39.1. The Morgan fingerprint density at radius 2 is 1.63 bits per heavy atom. The van der Waals surface area contributed by atoms with Crippen molar-refractivity contribution in [3.8, 4) is 0 Å². The molecule has 0 radical (unpaired) electrons. The Kier molecular flexibility index (Phi) is 6.65. The van der Waals surface area contributed by atoms with E-state index >= 15 is 0 Å². The maximum absolute atomic E-state index is 13.2. The van der Waals surface area contributed by atoms with E-state index < -0.39 is 21.7 Å². The number of benzene rings is 3. The largest absolute Gasteiger partial charge is 0.322 e. The van der Waals surface area contributed by atoms with Gasteiger partial charge in [-0.3, -0.25) is 9.10 Å². The van der Waals surface area contributed by atoms with Crippen LogP contribution in [0, 0.1) is 5.82 Å². The lowest BCUT2D eigenvalue weighted by Crippen LogP contribution is -2.29. The fraction of sp³-hybridized carbons (Fsp3) is 0.0952. The lowest BCUT2D eigenvalue weighted by atomic mass is 10.1. The fourth-order valence-corrected chi connectivity index (χ4v) is 3.91. The molecule has 0 saturated heterocycles. The number of halogens is 3. The van der Waals surface area contributed by atoms with Crippen LogP contribution in [0.4, 0.5) is 15.8 Å². The highest BCUT2D eigenvalue weighted by Gasteiger charge is 2.18. The molecule has 9 heteroatoms. The number of carbonyl (C=O) groups excluding carboxylic acids is 1. The molecule has 0 aliphatic rings. The summed E-state index contributed by atoms with van der Waals surface area (Å²) in [5.74, 6) is -1.02. The van der Waals surface area contributed by atoms with Crippen LogP contribution in [0.2, 0.25) is 10.0 Å². The van der Waals surface area contributed by atoms with Crippen molar-refractivity contribution in [3.63, 3.8) is 0 Å². The maximum Gasteiger partial charge on any atom is 0.255 e. The van der Waals surface area contributed by atoms with E-state index in [0.717, 1.165) is 17.9 Å². The van der Waals surface area contributed by atoms with E-state index in [1.54, 1.807) is 36.4 Å². The van der Waals surface area contributed by atoms with Crippen LogP contribution in [-0.4, -0.2) is 20.6 Å². The van der Waals surface area contributed by atoms with Gasteiger partial charge in [0.25, 0.3) is 5.91 Å². The Morgan fingerprint density at radius 3 is 2.20 bits per heavy atom. The van der Waals surface area contributed by atoms with Crippen LogP contribution >= 0.6 is 23.2 Å². The zero-order valence-electron chi connectivity index (χ0n) is 15.8. The van der Waals surface area contributed by atoms with Crippen LogP contribution in [0.1, 0.15) is 15.9 Å². The third kappa shape index (κ3) is 5.50. The van der Waals surface area contributed by atoms with Crippen LogP contribution in [0.25, 0.3) is 0 Å². The maximum atomic E-state index is 13.2. The van der Waals surface area contributed by atoms with Crippen molar-refractivity contribution in [2.24, 2.45) is 0 Å². The first kappa shape index (κ1) is 22.1. The average molecular weight is 467 g/mol. The number of hydrogen-bond donors (Lipinski definition) is 1. The second-order valence-electron chi connectivity index (χ2n) is 6.53. The molecule has 3 aromatic carbocycles. The molecule has 5 nitrogen and oxygen atoms in total. The topological polar surface area (TPSA) is 66.5 Å². The van der Waals surface area contributed by atoms with E-state index in [2.05, 4.69) is 5.32 Å². The standard InChI is InChI=1S/C21H17Cl2FN2O3S/c1-30(28,29)26(13-14-2-6-16(22)7-3-14)18-9-4-15(5-10-18)21(27)25-17-8-11-20(24)19(23)12-17/h2-12H,13H2,1H3,(H,25,27). The number of anilines is 2. The van der Waals surface area contributed by atoms with Gasteiger partial charge in [0.1, 0.15) is 5.82 Å². The molecule has 0 bridgehead atoms. The molecule has 1 amide bonds. The van der Waals surface area contributed by atoms with Gasteiger partial charge in [-0.05, 0) is 60.2 Å². The monoisotopic (exact) mass is 466 g/mol. The van der Waals surface area contributed by atoms with E-state index in [4.69, 9.17) is 23.2 Å². The SMILES string of the molecule is CS(=O)(=O)N(Cc1ccc(Cl)cc1)c1ccc(C(=O)Nc2ccc(F)c(Cl)c2)cc1. The normalized spacial score (nSPS) is 11.2. The predicted octanol–water partition coefficient (Wildman–Crippen LogP) is 5.35. The molecule has 0 atom stereocenters. The Morgan fingerprint density at radius 1 is 1.00 bits per heavy atom. The highest BCUT2D eigenvalue weighted by molar-refractivity contribution is 7.92. The van der Waals surface area contributed by atoms with Gasteiger partial charge in [-0.25, -0.2) is 12.8 Å². The number of nitrogens with zero attached hydrogens (tertiary/aromatic N) is 1. The fourth-order valence-electron chi connectivity index (χ4n) is 2.71. The first-order valence-electron chi connectivity index (χ1n) is 8.72. The predicted molar refractivity (Wildman–Crippen MR) is 118 cm³/mol. The molecule has 30 heavy (non-hydrogen) atoms. The third-order valence-electron chi connectivity index (χ3n) is 4.23. The van der Waals surface area contributed by atoms with Gasteiger partial charge >= 0.3 is 0 Å². The van der Waals surface area contributed by atoms with Crippen molar-refractivity contribution in [2.75, 3.05) is 15.9 Å². The molecule has 156 valence electrons. The van der Waals surface area contributed by atoms with Gasteiger partial charge in [-0.15, -0.1) is 0 Å². The van der Waals surface area contributed by atoms with Gasteiger partial charge in [-0.1, -0.05) is 35.3 Å². The van der Waals surface area contributed by atoms with Crippen molar-refractivity contribution in [1.29, 1.82) is 0 Å². The summed E-state index contributed by atoms with van der Waals surface area (Å²) in [7, 11) is -3.57. The number of sulfonamides is 1. The van der Waals surface area contributed by atoms with E-state index in [1.165, 1.54) is 28.6 Å². The quantitative estimate of drug-likeness (QED) is 0.532. The van der Waals surface area contributed by atoms with Crippen molar-refractivity contribution < 1.29 is 17.6 Å². The van der Waals surface area contributed by atoms with Crippen LogP contribution in [0.5, 0.6) is 0 Å². The third-order valence-corrected chi connectivity index (χ3v) is 5.92. The molecule has 0 saturated carbocycles. The second kappa shape index (κ2) is 9.04. The molecule has 3 aromatic rings. The number of carbonyl (C=O) groups is 1. The molecular formula is C21H17Cl2FN2O3S. The lowest BCUT2D eigenvalue weighted by molar-refractivity contribution is 0.102. The minimum absolute atomic E-state index is 0.103. The van der Waals surface area contributed by atoms with Crippen molar-refractivity contribution >= 4 is 50.5 Å². The van der Waals surface area contributed by atoms with Gasteiger partial charge in [0.2, 0.25) is 10.0 Å². The van der Waals surface area contributed by atoms with E-state index in [1.807, 2.05) is 0 Å². The minimum Gasteiger partial charge on any atom is -0.322 e. The number of hydrogen-bond acceptors (Lipinski definition) is 3. The van der Waals surface area contributed by atoms with Gasteiger partial charge in [0.05, 0.1) is 23.5 Å². The van der Waals surface area contributed by atoms with Crippen LogP contribution in [-0.2, 0) is 16.6 Å². The molecule has 0 unspecified atom stereocenters. The molecule has 0 aromatic heterocycles. The Balaban J connectivity index is 1.79. The Bertz CT molecular complexity index is 1170. The zero-order valence-corrected chi connectivity index (χ0v) is 18.1. The number of rotatable bonds is 6. The summed E-state index contributed by atoms with van der Waals surface area (Å²) in [4.78, 5) is 12.4. The highest BCUT2D eigenvalue weighted by Crippen LogP contribution is 2.23. The summed E-state index contributed by atoms with van der Waals surface area (Å²) in [5.41, 5.74) is 1.82. The van der Waals surface area contributed by atoms with Crippen LogP contribution in [0.15, 0.2) is 66.7 Å². The van der Waals surface area contributed by atoms with Gasteiger partial charge in [0.15, 0.2) is 0 Å². The van der Waals surface area contributed by atoms with Crippen LogP contribution in [0.3, 0.4) is 0 Å². The van der Waals surface area contributed by atoms with E-state index in [0.29, 0.717) is 22.0 Å². The van der Waals surface area contributed by atoms with Crippen molar-refractivity contribution in [3.05, 3.63) is 93.7 Å². The smallest absolute Gasteiger partial charge is 0.255 e. The van der Waals surface area contributed by atoms with E-state index in [-0.39, 0.29) is 11.6 Å². The molecule has 0 heterocycles. The van der Waals surface area contributed by atoms with Crippen molar-refractivity contribution in [1.82, 2.24) is 0 Å². The van der Waals surface area contributed by atoms with Gasteiger partial charge < -0.3 is 5.32 Å². The Labute approximate surface area is 184 Å². The summed E-state index contributed by atoms with van der Waals surface area (Å²) in [5, 5.41) is 3.07. The zero-order chi connectivity index (χ0) is 21.9. The molecule has 0 aliphatic heterocycles. The summed E-state index contributed by atoms with van der Waals surface area (Å²) in [6.07, 6.45) is 1.11. The Hall–Kier alpha value is -2.61. The number of amides is 1. The molecule has 3 rings (SSSR count). The van der Waals surface area contributed by atoms with Crippen molar-refractivity contribution in [2.45, 2.75) is 6.54 Å². The summed E-state index contributed by atoms with van der Waals surface area (Å²) >= 11 is 11.6. The van der Waals surface area contributed by atoms with Gasteiger partial charge in [0, 0.05) is 16.3 Å². The molecule has 0 fully saturated rings. The second-order valence-corrected chi connectivity index (χ2v) is 9.28. The van der Waals surface area contributed by atoms with Gasteiger partial charge in [-0.2, -0.15) is 0 Å². The number of nitrogens with one attached hydrogen (secondary N) is 1. The summed E-state index contributed by atoms with van der Waals surface area (Å²) in [6, 6.07) is 16.8. The molecule has 1 N–H and O–H groups in total. The van der Waals surface area contributed by atoms with E-state index in [9.17, 15) is 17.6 Å². The van der Waals surface area contributed by atoms with Crippen LogP contribution < -0.4 is 9.62 Å². The molecule has 0 spiro atoms. The first-order valence-corrected chi connectivity index (χ1v) is 11.3. The first-order chi connectivity index (χ1) is 14.1. The molecule has 0 aliphatic carbocycles.